The Labute approximate surface area is 120 Å². The number of aryl methyl sites for hydroxylation is 2. The summed E-state index contributed by atoms with van der Waals surface area (Å²) in [6.45, 7) is 5.22. The van der Waals surface area contributed by atoms with E-state index < -0.39 is 0 Å². The molecule has 1 aliphatic carbocycles. The molecule has 0 bridgehead atoms. The number of likely N-dealkylation sites (N-methyl/N-ethyl adjacent to an activating group) is 1. The van der Waals surface area contributed by atoms with Gasteiger partial charge >= 0.3 is 0 Å². The van der Waals surface area contributed by atoms with Crippen molar-refractivity contribution >= 4 is 0 Å². The second kappa shape index (κ2) is 4.98. The normalized spacial score (nSPS) is 16.1. The Hall–Kier alpha value is -1.74. The van der Waals surface area contributed by atoms with Crippen molar-refractivity contribution in [3.8, 4) is 11.3 Å². The van der Waals surface area contributed by atoms with Crippen LogP contribution in [0.5, 0.6) is 0 Å². The van der Waals surface area contributed by atoms with Gasteiger partial charge in [0.05, 0.1) is 5.69 Å². The number of benzene rings is 1. The standard InChI is InChI=1S/C17H21N3/c1-12-4-5-14(13(2)10-12)15-6-9-19-16(20-15)17(7-8-17)11-18-3/h4-6,9-10,18H,7-8,11H2,1-3H3. The van der Waals surface area contributed by atoms with E-state index in [0.717, 1.165) is 18.1 Å². The molecule has 3 heteroatoms. The van der Waals surface area contributed by atoms with Crippen molar-refractivity contribution in [1.82, 2.24) is 15.3 Å². The van der Waals surface area contributed by atoms with Crippen LogP contribution >= 0.6 is 0 Å². The Morgan fingerprint density at radius 1 is 1.20 bits per heavy atom. The number of rotatable bonds is 4. The molecule has 1 N–H and O–H groups in total. The quantitative estimate of drug-likeness (QED) is 0.925. The topological polar surface area (TPSA) is 37.8 Å². The third kappa shape index (κ3) is 2.34. The van der Waals surface area contributed by atoms with Crippen LogP contribution in [0.2, 0.25) is 0 Å². The van der Waals surface area contributed by atoms with Crippen molar-refractivity contribution in [1.29, 1.82) is 0 Å². The van der Waals surface area contributed by atoms with Crippen LogP contribution < -0.4 is 5.32 Å². The average Bonchev–Trinajstić information content (AvgIpc) is 3.20. The van der Waals surface area contributed by atoms with Gasteiger partial charge in [0, 0.05) is 23.7 Å². The lowest BCUT2D eigenvalue weighted by molar-refractivity contribution is 0.588. The lowest BCUT2D eigenvalue weighted by Crippen LogP contribution is -2.25. The van der Waals surface area contributed by atoms with E-state index in [1.54, 1.807) is 0 Å². The summed E-state index contributed by atoms with van der Waals surface area (Å²) >= 11 is 0. The van der Waals surface area contributed by atoms with Crippen LogP contribution in [0.25, 0.3) is 11.3 Å². The van der Waals surface area contributed by atoms with Gasteiger partial charge in [0.25, 0.3) is 0 Å². The van der Waals surface area contributed by atoms with E-state index >= 15 is 0 Å². The lowest BCUT2D eigenvalue weighted by atomic mass is 10.0. The van der Waals surface area contributed by atoms with Crippen LogP contribution in [-0.2, 0) is 5.41 Å². The maximum Gasteiger partial charge on any atom is 0.136 e. The molecule has 1 fully saturated rings. The molecule has 1 heterocycles. The van der Waals surface area contributed by atoms with Gasteiger partial charge in [-0.1, -0.05) is 23.8 Å². The van der Waals surface area contributed by atoms with Gasteiger partial charge in [-0.2, -0.15) is 0 Å². The molecule has 1 aliphatic rings. The zero-order chi connectivity index (χ0) is 14.2. The van der Waals surface area contributed by atoms with E-state index in [4.69, 9.17) is 4.98 Å². The first-order valence-electron chi connectivity index (χ1n) is 7.20. The summed E-state index contributed by atoms with van der Waals surface area (Å²) in [6.07, 6.45) is 4.26. The molecule has 0 saturated heterocycles. The van der Waals surface area contributed by atoms with Crippen molar-refractivity contribution in [3.63, 3.8) is 0 Å². The van der Waals surface area contributed by atoms with Gasteiger partial charge in [0.1, 0.15) is 5.82 Å². The van der Waals surface area contributed by atoms with Gasteiger partial charge < -0.3 is 5.32 Å². The zero-order valence-corrected chi connectivity index (χ0v) is 12.4. The summed E-state index contributed by atoms with van der Waals surface area (Å²) in [5.74, 6) is 0.990. The van der Waals surface area contributed by atoms with Crippen molar-refractivity contribution in [2.75, 3.05) is 13.6 Å². The maximum atomic E-state index is 4.84. The van der Waals surface area contributed by atoms with Gasteiger partial charge in [-0.15, -0.1) is 0 Å². The molecule has 0 amide bonds. The molecule has 0 unspecified atom stereocenters. The summed E-state index contributed by atoms with van der Waals surface area (Å²) in [4.78, 5) is 9.35. The molecular weight excluding hydrogens is 246 g/mol. The molecule has 0 atom stereocenters. The lowest BCUT2D eigenvalue weighted by Gasteiger charge is -2.14. The van der Waals surface area contributed by atoms with Crippen molar-refractivity contribution in [2.45, 2.75) is 32.1 Å². The number of nitrogens with zero attached hydrogens (tertiary/aromatic N) is 2. The Morgan fingerprint density at radius 3 is 2.65 bits per heavy atom. The highest BCUT2D eigenvalue weighted by Crippen LogP contribution is 2.46. The summed E-state index contributed by atoms with van der Waals surface area (Å²) < 4.78 is 0. The van der Waals surface area contributed by atoms with E-state index in [2.05, 4.69) is 42.3 Å². The van der Waals surface area contributed by atoms with Crippen molar-refractivity contribution < 1.29 is 0 Å². The molecule has 3 rings (SSSR count). The predicted octanol–water partition coefficient (Wildman–Crippen LogP) is 3.01. The summed E-state index contributed by atoms with van der Waals surface area (Å²) in [5.41, 5.74) is 4.97. The number of hydrogen-bond acceptors (Lipinski definition) is 3. The van der Waals surface area contributed by atoms with Crippen molar-refractivity contribution in [2.24, 2.45) is 0 Å². The van der Waals surface area contributed by atoms with Crippen LogP contribution in [0.1, 0.15) is 29.8 Å². The number of aromatic nitrogens is 2. The Morgan fingerprint density at radius 2 is 2.00 bits per heavy atom. The minimum absolute atomic E-state index is 0.170. The minimum atomic E-state index is 0.170. The monoisotopic (exact) mass is 267 g/mol. The van der Waals surface area contributed by atoms with Gasteiger partial charge in [-0.05, 0) is 45.4 Å². The molecule has 0 spiro atoms. The molecule has 20 heavy (non-hydrogen) atoms. The largest absolute Gasteiger partial charge is 0.319 e. The first-order valence-corrected chi connectivity index (χ1v) is 7.20. The number of nitrogens with one attached hydrogen (secondary N) is 1. The highest BCUT2D eigenvalue weighted by molar-refractivity contribution is 5.63. The molecule has 0 aliphatic heterocycles. The fourth-order valence-electron chi connectivity index (χ4n) is 2.83. The third-order valence-corrected chi connectivity index (χ3v) is 4.16. The smallest absolute Gasteiger partial charge is 0.136 e. The fourth-order valence-corrected chi connectivity index (χ4v) is 2.83. The highest BCUT2D eigenvalue weighted by atomic mass is 15.0. The van der Waals surface area contributed by atoms with Crippen LogP contribution in [0.3, 0.4) is 0 Å². The summed E-state index contributed by atoms with van der Waals surface area (Å²) in [6, 6.07) is 8.52. The molecular formula is C17H21N3. The minimum Gasteiger partial charge on any atom is -0.319 e. The van der Waals surface area contributed by atoms with E-state index in [9.17, 15) is 0 Å². The Bertz CT molecular complexity index is 630. The first-order chi connectivity index (χ1) is 9.64. The molecule has 0 radical (unpaired) electrons. The molecule has 2 aromatic rings. The van der Waals surface area contributed by atoms with Gasteiger partial charge in [-0.25, -0.2) is 9.97 Å². The van der Waals surface area contributed by atoms with Crippen molar-refractivity contribution in [3.05, 3.63) is 47.4 Å². The van der Waals surface area contributed by atoms with Crippen LogP contribution in [0, 0.1) is 13.8 Å². The van der Waals surface area contributed by atoms with E-state index in [1.807, 2.05) is 19.3 Å². The number of hydrogen-bond donors (Lipinski definition) is 1. The average molecular weight is 267 g/mol. The van der Waals surface area contributed by atoms with Crippen LogP contribution in [-0.4, -0.2) is 23.6 Å². The van der Waals surface area contributed by atoms with Gasteiger partial charge in [-0.3, -0.25) is 0 Å². The van der Waals surface area contributed by atoms with Gasteiger partial charge in [0.2, 0.25) is 0 Å². The second-order valence-corrected chi connectivity index (χ2v) is 5.89. The first kappa shape index (κ1) is 13.3. The van der Waals surface area contributed by atoms with E-state index in [0.29, 0.717) is 0 Å². The fraction of sp³-hybridized carbons (Fsp3) is 0.412. The van der Waals surface area contributed by atoms with E-state index in [-0.39, 0.29) is 5.41 Å². The second-order valence-electron chi connectivity index (χ2n) is 5.89. The molecule has 1 saturated carbocycles. The predicted molar refractivity (Wildman–Crippen MR) is 81.8 cm³/mol. The molecule has 1 aromatic carbocycles. The van der Waals surface area contributed by atoms with Gasteiger partial charge in [0.15, 0.2) is 0 Å². The van der Waals surface area contributed by atoms with Crippen LogP contribution in [0.15, 0.2) is 30.5 Å². The zero-order valence-electron chi connectivity index (χ0n) is 12.4. The Balaban J connectivity index is 1.99. The Kier molecular flexibility index (Phi) is 3.30. The third-order valence-electron chi connectivity index (χ3n) is 4.16. The summed E-state index contributed by atoms with van der Waals surface area (Å²) in [7, 11) is 1.99. The highest BCUT2D eigenvalue weighted by Gasteiger charge is 2.46. The molecule has 104 valence electrons. The SMILES string of the molecule is CNCC1(c2nccc(-c3ccc(C)cc3C)n2)CC1. The molecule has 3 nitrogen and oxygen atoms in total. The summed E-state index contributed by atoms with van der Waals surface area (Å²) in [5, 5.41) is 3.27. The van der Waals surface area contributed by atoms with Crippen LogP contribution in [0.4, 0.5) is 0 Å². The maximum absolute atomic E-state index is 4.84. The van der Waals surface area contributed by atoms with E-state index in [1.165, 1.54) is 29.5 Å². The molecule has 1 aromatic heterocycles.